The molecule has 0 radical (unpaired) electrons. The van der Waals surface area contributed by atoms with Gasteiger partial charge >= 0.3 is 0 Å². The van der Waals surface area contributed by atoms with E-state index in [1.807, 2.05) is 24.3 Å². The Morgan fingerprint density at radius 1 is 1.50 bits per heavy atom. The van der Waals surface area contributed by atoms with Crippen molar-refractivity contribution in [2.75, 3.05) is 5.32 Å². The van der Waals surface area contributed by atoms with E-state index in [-0.39, 0.29) is 24.4 Å². The quantitative estimate of drug-likeness (QED) is 0.720. The minimum Gasteiger partial charge on any atom is -0.373 e. The zero-order valence-corrected chi connectivity index (χ0v) is 10.3. The van der Waals surface area contributed by atoms with Gasteiger partial charge in [-0.2, -0.15) is 0 Å². The number of para-hydroxylation sites is 1. The first kappa shape index (κ1) is 12.4. The number of hydrogen-bond acceptors (Lipinski definition) is 3. The molecule has 4 N–H and O–H groups in total. The largest absolute Gasteiger partial charge is 0.373 e. The van der Waals surface area contributed by atoms with Crippen LogP contribution in [0.1, 0.15) is 18.9 Å². The van der Waals surface area contributed by atoms with Gasteiger partial charge in [-0.3, -0.25) is 9.59 Å². The molecule has 1 aromatic rings. The number of anilines is 1. The molecule has 1 aliphatic heterocycles. The Hall–Kier alpha value is -2.04. The summed E-state index contributed by atoms with van der Waals surface area (Å²) in [7, 11) is 0. The molecule has 18 heavy (non-hydrogen) atoms. The van der Waals surface area contributed by atoms with Gasteiger partial charge in [0.15, 0.2) is 0 Å². The number of benzene rings is 1. The number of carbonyl (C=O) groups excluding carboxylic acids is 2. The van der Waals surface area contributed by atoms with E-state index in [4.69, 9.17) is 5.73 Å². The van der Waals surface area contributed by atoms with Crippen molar-refractivity contribution in [3.05, 3.63) is 29.8 Å². The van der Waals surface area contributed by atoms with E-state index in [2.05, 4.69) is 10.6 Å². The molecule has 0 saturated carbocycles. The van der Waals surface area contributed by atoms with E-state index in [9.17, 15) is 9.59 Å². The van der Waals surface area contributed by atoms with Crippen LogP contribution in [0.3, 0.4) is 0 Å². The van der Waals surface area contributed by atoms with Gasteiger partial charge in [0.05, 0.1) is 0 Å². The molecular formula is C13H17N3O2. The lowest BCUT2D eigenvalue weighted by molar-refractivity contribution is -0.123. The van der Waals surface area contributed by atoms with Crippen LogP contribution in [0.25, 0.3) is 0 Å². The molecule has 0 fully saturated rings. The van der Waals surface area contributed by atoms with Crippen LogP contribution in [-0.4, -0.2) is 23.9 Å². The van der Waals surface area contributed by atoms with Gasteiger partial charge in [0.1, 0.15) is 6.04 Å². The standard InChI is InChI=1S/C13H17N3O2/c1-8(6-12(14)17)15-13(18)11-7-9-4-2-3-5-10(9)16-11/h2-5,8,11,16H,6-7H2,1H3,(H2,14,17)(H,15,18). The Balaban J connectivity index is 1.91. The van der Waals surface area contributed by atoms with Crippen molar-refractivity contribution in [1.82, 2.24) is 5.32 Å². The summed E-state index contributed by atoms with van der Waals surface area (Å²) in [6, 6.07) is 7.34. The first-order valence-corrected chi connectivity index (χ1v) is 5.99. The van der Waals surface area contributed by atoms with E-state index in [0.29, 0.717) is 6.42 Å². The van der Waals surface area contributed by atoms with Crippen molar-refractivity contribution in [3.63, 3.8) is 0 Å². The van der Waals surface area contributed by atoms with Crippen molar-refractivity contribution in [2.45, 2.75) is 31.8 Å². The number of nitrogens with two attached hydrogens (primary N) is 1. The van der Waals surface area contributed by atoms with Crippen LogP contribution in [0.5, 0.6) is 0 Å². The predicted octanol–water partition coefficient (Wildman–Crippen LogP) is 0.403. The Labute approximate surface area is 106 Å². The van der Waals surface area contributed by atoms with Crippen LogP contribution < -0.4 is 16.4 Å². The average Bonchev–Trinajstić information content (AvgIpc) is 2.71. The third-order valence-electron chi connectivity index (χ3n) is 2.98. The van der Waals surface area contributed by atoms with E-state index in [1.54, 1.807) is 6.92 Å². The van der Waals surface area contributed by atoms with Crippen LogP contribution in [0.4, 0.5) is 5.69 Å². The molecule has 5 nitrogen and oxygen atoms in total. The highest BCUT2D eigenvalue weighted by Gasteiger charge is 2.27. The van der Waals surface area contributed by atoms with E-state index < -0.39 is 5.91 Å². The highest BCUT2D eigenvalue weighted by molar-refractivity contribution is 5.88. The fraction of sp³-hybridized carbons (Fsp3) is 0.385. The summed E-state index contributed by atoms with van der Waals surface area (Å²) in [4.78, 5) is 22.7. The second kappa shape index (κ2) is 5.08. The zero-order valence-electron chi connectivity index (χ0n) is 10.3. The van der Waals surface area contributed by atoms with Crippen LogP contribution in [0.2, 0.25) is 0 Å². The highest BCUT2D eigenvalue weighted by atomic mass is 16.2. The first-order chi connectivity index (χ1) is 8.56. The second-order valence-electron chi connectivity index (χ2n) is 4.64. The summed E-state index contributed by atoms with van der Waals surface area (Å²) in [5.74, 6) is -0.509. The number of primary amides is 1. The number of carbonyl (C=O) groups is 2. The van der Waals surface area contributed by atoms with Crippen molar-refractivity contribution in [2.24, 2.45) is 5.73 Å². The van der Waals surface area contributed by atoms with Gasteiger partial charge in [-0.05, 0) is 18.6 Å². The molecule has 2 unspecified atom stereocenters. The van der Waals surface area contributed by atoms with Crippen molar-refractivity contribution < 1.29 is 9.59 Å². The number of rotatable bonds is 4. The van der Waals surface area contributed by atoms with Gasteiger partial charge in [-0.25, -0.2) is 0 Å². The van der Waals surface area contributed by atoms with Gasteiger partial charge < -0.3 is 16.4 Å². The van der Waals surface area contributed by atoms with Crippen LogP contribution >= 0.6 is 0 Å². The Kier molecular flexibility index (Phi) is 3.50. The SMILES string of the molecule is CC(CC(N)=O)NC(=O)C1Cc2ccccc2N1. The van der Waals surface area contributed by atoms with E-state index in [1.165, 1.54) is 0 Å². The number of hydrogen-bond donors (Lipinski definition) is 3. The molecule has 5 heteroatoms. The molecule has 0 aliphatic carbocycles. The summed E-state index contributed by atoms with van der Waals surface area (Å²) >= 11 is 0. The van der Waals surface area contributed by atoms with Gasteiger partial charge in [0.2, 0.25) is 11.8 Å². The molecule has 1 heterocycles. The third kappa shape index (κ3) is 2.80. The molecule has 2 amide bonds. The first-order valence-electron chi connectivity index (χ1n) is 5.99. The van der Waals surface area contributed by atoms with Crippen molar-refractivity contribution >= 4 is 17.5 Å². The predicted molar refractivity (Wildman–Crippen MR) is 69.0 cm³/mol. The maximum absolute atomic E-state index is 12.0. The minimum absolute atomic E-state index is 0.0973. The number of amides is 2. The lowest BCUT2D eigenvalue weighted by Crippen LogP contribution is -2.44. The summed E-state index contributed by atoms with van der Waals surface area (Å²) in [5.41, 5.74) is 7.22. The minimum atomic E-state index is -0.412. The topological polar surface area (TPSA) is 84.2 Å². The summed E-state index contributed by atoms with van der Waals surface area (Å²) in [6.45, 7) is 1.77. The highest BCUT2D eigenvalue weighted by Crippen LogP contribution is 2.25. The average molecular weight is 247 g/mol. The lowest BCUT2D eigenvalue weighted by atomic mass is 10.1. The second-order valence-corrected chi connectivity index (χ2v) is 4.64. The normalized spacial score (nSPS) is 18.6. The maximum atomic E-state index is 12.0. The van der Waals surface area contributed by atoms with Crippen molar-refractivity contribution in [3.8, 4) is 0 Å². The van der Waals surface area contributed by atoms with Crippen LogP contribution in [0, 0.1) is 0 Å². The molecule has 0 bridgehead atoms. The monoisotopic (exact) mass is 247 g/mol. The molecule has 1 aliphatic rings. The van der Waals surface area contributed by atoms with E-state index >= 15 is 0 Å². The van der Waals surface area contributed by atoms with Crippen LogP contribution in [-0.2, 0) is 16.0 Å². The molecule has 2 atom stereocenters. The zero-order chi connectivity index (χ0) is 13.1. The summed E-state index contributed by atoms with van der Waals surface area (Å²) in [5, 5.41) is 5.95. The third-order valence-corrected chi connectivity index (χ3v) is 2.98. The molecule has 1 aromatic carbocycles. The molecule has 0 saturated heterocycles. The Morgan fingerprint density at radius 2 is 2.22 bits per heavy atom. The lowest BCUT2D eigenvalue weighted by Gasteiger charge is -2.16. The molecular weight excluding hydrogens is 230 g/mol. The number of nitrogens with one attached hydrogen (secondary N) is 2. The smallest absolute Gasteiger partial charge is 0.243 e. The van der Waals surface area contributed by atoms with Gasteiger partial charge in [-0.15, -0.1) is 0 Å². The van der Waals surface area contributed by atoms with Gasteiger partial charge in [0, 0.05) is 24.6 Å². The Morgan fingerprint density at radius 3 is 2.89 bits per heavy atom. The van der Waals surface area contributed by atoms with Crippen LogP contribution in [0.15, 0.2) is 24.3 Å². The summed E-state index contributed by atoms with van der Waals surface area (Å²) in [6.07, 6.45) is 0.830. The van der Waals surface area contributed by atoms with Gasteiger partial charge in [0.25, 0.3) is 0 Å². The fourth-order valence-electron chi connectivity index (χ4n) is 2.15. The molecule has 2 rings (SSSR count). The molecule has 0 aromatic heterocycles. The van der Waals surface area contributed by atoms with Crippen molar-refractivity contribution in [1.29, 1.82) is 0 Å². The Bertz CT molecular complexity index is 448. The van der Waals surface area contributed by atoms with E-state index in [0.717, 1.165) is 11.3 Å². The maximum Gasteiger partial charge on any atom is 0.243 e. The summed E-state index contributed by atoms with van der Waals surface area (Å²) < 4.78 is 0. The fourth-order valence-corrected chi connectivity index (χ4v) is 2.15. The molecule has 0 spiro atoms. The number of fused-ring (bicyclic) bond motifs is 1. The van der Waals surface area contributed by atoms with Gasteiger partial charge in [-0.1, -0.05) is 18.2 Å². The molecule has 96 valence electrons.